The molecule has 0 aliphatic rings. The summed E-state index contributed by atoms with van der Waals surface area (Å²) in [6.07, 6.45) is 2.48. The quantitative estimate of drug-likeness (QED) is 0.841. The second kappa shape index (κ2) is 3.95. The number of carboxylic acids is 1. The third kappa shape index (κ3) is 1.97. The van der Waals surface area contributed by atoms with Crippen molar-refractivity contribution in [1.82, 2.24) is 4.98 Å². The summed E-state index contributed by atoms with van der Waals surface area (Å²) in [5.41, 5.74) is 1.89. The first-order valence-electron chi connectivity index (χ1n) is 4.65. The van der Waals surface area contributed by atoms with Crippen molar-refractivity contribution in [2.75, 3.05) is 0 Å². The average Bonchev–Trinajstić information content (AvgIpc) is 2.66. The molecule has 2 N–H and O–H groups in total. The summed E-state index contributed by atoms with van der Waals surface area (Å²) >= 11 is 5.99. The molecule has 0 aliphatic carbocycles. The number of nitrogens with one attached hydrogen (secondary N) is 1. The lowest BCUT2D eigenvalue weighted by Crippen LogP contribution is -1.97. The first-order chi connectivity index (χ1) is 7.18. The highest BCUT2D eigenvalue weighted by Crippen LogP contribution is 2.26. The van der Waals surface area contributed by atoms with E-state index in [-0.39, 0.29) is 6.42 Å². The van der Waals surface area contributed by atoms with E-state index >= 15 is 0 Å². The van der Waals surface area contributed by atoms with Crippen LogP contribution in [0.1, 0.15) is 12.0 Å². The Bertz CT molecular complexity index is 504. The maximum Gasteiger partial charge on any atom is 0.303 e. The van der Waals surface area contributed by atoms with E-state index in [1.54, 1.807) is 12.3 Å². The molecule has 78 valence electrons. The number of fused-ring (bicyclic) bond motifs is 1. The Morgan fingerprint density at radius 2 is 2.20 bits per heavy atom. The van der Waals surface area contributed by atoms with Gasteiger partial charge in [-0.05, 0) is 24.1 Å². The summed E-state index contributed by atoms with van der Waals surface area (Å²) in [7, 11) is 0. The van der Waals surface area contributed by atoms with Gasteiger partial charge in [0, 0.05) is 18.0 Å². The molecule has 0 radical (unpaired) electrons. The average molecular weight is 224 g/mol. The molecular weight excluding hydrogens is 214 g/mol. The molecule has 0 aliphatic heterocycles. The Hall–Kier alpha value is -1.48. The van der Waals surface area contributed by atoms with Gasteiger partial charge in [0.2, 0.25) is 0 Å². The van der Waals surface area contributed by atoms with Gasteiger partial charge in [-0.25, -0.2) is 0 Å². The molecule has 0 atom stereocenters. The zero-order valence-electron chi connectivity index (χ0n) is 7.96. The van der Waals surface area contributed by atoms with Crippen LogP contribution in [0.5, 0.6) is 0 Å². The Labute approximate surface area is 91.7 Å². The molecule has 0 saturated carbocycles. The lowest BCUT2D eigenvalue weighted by atomic mass is 10.1. The zero-order valence-corrected chi connectivity index (χ0v) is 8.71. The molecule has 0 amide bonds. The number of aryl methyl sites for hydroxylation is 1. The fourth-order valence-corrected chi connectivity index (χ4v) is 1.86. The molecule has 0 unspecified atom stereocenters. The number of aromatic nitrogens is 1. The standard InChI is InChI=1S/C11H10ClNO2/c12-9-3-1-7(2-4-10(14)15)8-5-6-13-11(8)9/h1,3,5-6,13H,2,4H2,(H,14,15). The van der Waals surface area contributed by atoms with Gasteiger partial charge in [0.05, 0.1) is 10.5 Å². The molecule has 3 nitrogen and oxygen atoms in total. The van der Waals surface area contributed by atoms with E-state index < -0.39 is 5.97 Å². The summed E-state index contributed by atoms with van der Waals surface area (Å²) in [4.78, 5) is 13.5. The van der Waals surface area contributed by atoms with Crippen LogP contribution in [0.4, 0.5) is 0 Å². The molecule has 0 spiro atoms. The molecule has 1 aromatic carbocycles. The van der Waals surface area contributed by atoms with Crippen molar-refractivity contribution in [3.05, 3.63) is 35.0 Å². The molecule has 2 aromatic rings. The first kappa shape index (κ1) is 10.1. The second-order valence-corrected chi connectivity index (χ2v) is 3.77. The summed E-state index contributed by atoms with van der Waals surface area (Å²) in [6.45, 7) is 0. The lowest BCUT2D eigenvalue weighted by Gasteiger charge is -2.02. The fraction of sp³-hybridized carbons (Fsp3) is 0.182. The number of carboxylic acid groups (broad SMARTS) is 1. The van der Waals surface area contributed by atoms with Crippen LogP contribution in [0.25, 0.3) is 10.9 Å². The Morgan fingerprint density at radius 1 is 1.40 bits per heavy atom. The molecule has 1 heterocycles. The van der Waals surface area contributed by atoms with Gasteiger partial charge in [-0.3, -0.25) is 4.79 Å². The van der Waals surface area contributed by atoms with Gasteiger partial charge in [-0.1, -0.05) is 17.7 Å². The number of aliphatic carboxylic acids is 1. The third-order valence-corrected chi connectivity index (χ3v) is 2.69. The monoisotopic (exact) mass is 223 g/mol. The number of H-pyrrole nitrogens is 1. The van der Waals surface area contributed by atoms with Crippen molar-refractivity contribution in [2.24, 2.45) is 0 Å². The van der Waals surface area contributed by atoms with Crippen LogP contribution < -0.4 is 0 Å². The van der Waals surface area contributed by atoms with Crippen molar-refractivity contribution in [2.45, 2.75) is 12.8 Å². The van der Waals surface area contributed by atoms with E-state index in [2.05, 4.69) is 4.98 Å². The zero-order chi connectivity index (χ0) is 10.8. The van der Waals surface area contributed by atoms with Crippen LogP contribution >= 0.6 is 11.6 Å². The van der Waals surface area contributed by atoms with Crippen LogP contribution in [0.3, 0.4) is 0 Å². The van der Waals surface area contributed by atoms with E-state index in [4.69, 9.17) is 16.7 Å². The molecule has 15 heavy (non-hydrogen) atoms. The van der Waals surface area contributed by atoms with Crippen LogP contribution in [0.2, 0.25) is 5.02 Å². The maximum atomic E-state index is 10.5. The molecule has 0 bridgehead atoms. The molecule has 4 heteroatoms. The van der Waals surface area contributed by atoms with E-state index in [0.717, 1.165) is 16.5 Å². The summed E-state index contributed by atoms with van der Waals surface area (Å²) in [5, 5.41) is 10.3. The minimum absolute atomic E-state index is 0.141. The highest BCUT2D eigenvalue weighted by atomic mass is 35.5. The van der Waals surface area contributed by atoms with Crippen molar-refractivity contribution in [3.8, 4) is 0 Å². The van der Waals surface area contributed by atoms with Gasteiger partial charge in [-0.15, -0.1) is 0 Å². The van der Waals surface area contributed by atoms with Gasteiger partial charge in [0.15, 0.2) is 0 Å². The molecule has 0 fully saturated rings. The Morgan fingerprint density at radius 3 is 2.93 bits per heavy atom. The van der Waals surface area contributed by atoms with E-state index in [0.29, 0.717) is 11.4 Å². The Kier molecular flexibility index (Phi) is 2.64. The van der Waals surface area contributed by atoms with Crippen molar-refractivity contribution >= 4 is 28.5 Å². The largest absolute Gasteiger partial charge is 0.481 e. The normalized spacial score (nSPS) is 10.7. The third-order valence-electron chi connectivity index (χ3n) is 2.37. The number of hydrogen-bond acceptors (Lipinski definition) is 1. The number of halogens is 1. The number of aromatic amines is 1. The van der Waals surface area contributed by atoms with Crippen molar-refractivity contribution in [1.29, 1.82) is 0 Å². The van der Waals surface area contributed by atoms with E-state index in [1.807, 2.05) is 12.1 Å². The van der Waals surface area contributed by atoms with Crippen LogP contribution in [-0.4, -0.2) is 16.1 Å². The molecule has 1 aromatic heterocycles. The maximum absolute atomic E-state index is 10.5. The SMILES string of the molecule is O=C(O)CCc1ccc(Cl)c2[nH]ccc12. The van der Waals surface area contributed by atoms with Crippen molar-refractivity contribution < 1.29 is 9.90 Å². The molecule has 2 rings (SSSR count). The van der Waals surface area contributed by atoms with E-state index in [1.165, 1.54) is 0 Å². The molecule has 0 saturated heterocycles. The van der Waals surface area contributed by atoms with E-state index in [9.17, 15) is 4.79 Å². The number of hydrogen-bond donors (Lipinski definition) is 2. The minimum Gasteiger partial charge on any atom is -0.481 e. The predicted octanol–water partition coefficient (Wildman–Crippen LogP) is 2.84. The lowest BCUT2D eigenvalue weighted by molar-refractivity contribution is -0.136. The van der Waals surface area contributed by atoms with Crippen LogP contribution in [0.15, 0.2) is 24.4 Å². The topological polar surface area (TPSA) is 53.1 Å². The summed E-state index contributed by atoms with van der Waals surface area (Å²) in [5.74, 6) is -0.784. The summed E-state index contributed by atoms with van der Waals surface area (Å²) < 4.78 is 0. The van der Waals surface area contributed by atoms with Gasteiger partial charge in [-0.2, -0.15) is 0 Å². The number of carbonyl (C=O) groups is 1. The highest BCUT2D eigenvalue weighted by molar-refractivity contribution is 6.35. The van der Waals surface area contributed by atoms with Crippen LogP contribution in [-0.2, 0) is 11.2 Å². The first-order valence-corrected chi connectivity index (χ1v) is 5.02. The number of rotatable bonds is 3. The van der Waals surface area contributed by atoms with Gasteiger partial charge in [0.1, 0.15) is 0 Å². The summed E-state index contributed by atoms with van der Waals surface area (Å²) in [6, 6.07) is 5.58. The minimum atomic E-state index is -0.784. The predicted molar refractivity (Wildman–Crippen MR) is 59.3 cm³/mol. The smallest absolute Gasteiger partial charge is 0.303 e. The molecular formula is C11H10ClNO2. The number of benzene rings is 1. The highest BCUT2D eigenvalue weighted by Gasteiger charge is 2.06. The van der Waals surface area contributed by atoms with Gasteiger partial charge < -0.3 is 10.1 Å². The van der Waals surface area contributed by atoms with Crippen molar-refractivity contribution in [3.63, 3.8) is 0 Å². The van der Waals surface area contributed by atoms with Gasteiger partial charge in [0.25, 0.3) is 0 Å². The fourth-order valence-electron chi connectivity index (χ4n) is 1.64. The Balaban J connectivity index is 2.39. The second-order valence-electron chi connectivity index (χ2n) is 3.37. The van der Waals surface area contributed by atoms with Gasteiger partial charge >= 0.3 is 5.97 Å². The van der Waals surface area contributed by atoms with Crippen LogP contribution in [0, 0.1) is 0 Å².